The van der Waals surface area contributed by atoms with Crippen LogP contribution in [0.2, 0.25) is 0 Å². The molecule has 1 aliphatic heterocycles. The van der Waals surface area contributed by atoms with Gasteiger partial charge in [-0.25, -0.2) is 4.79 Å². The van der Waals surface area contributed by atoms with Crippen LogP contribution in [0.4, 0.5) is 0 Å². The molecule has 5 heteroatoms. The second-order valence-electron chi connectivity index (χ2n) is 7.16. The summed E-state index contributed by atoms with van der Waals surface area (Å²) < 4.78 is 16.6. The van der Waals surface area contributed by atoms with E-state index in [1.807, 2.05) is 12.2 Å². The van der Waals surface area contributed by atoms with Crippen molar-refractivity contribution in [3.63, 3.8) is 0 Å². The van der Waals surface area contributed by atoms with Crippen molar-refractivity contribution in [2.45, 2.75) is 51.4 Å². The van der Waals surface area contributed by atoms with E-state index in [9.17, 15) is 9.59 Å². The molecule has 0 aromatic heterocycles. The number of carbonyl (C=O) groups excluding carboxylic acids is 2. The minimum atomic E-state index is -0.333. The SMILES string of the molecule is CCOC(=O)C=CC=CC1=CC2CC(OC3CCCCO3)C(C=O)C2C1. The zero-order valence-electron chi connectivity index (χ0n) is 15.3. The maximum atomic E-state index is 11.7. The van der Waals surface area contributed by atoms with Gasteiger partial charge in [0, 0.05) is 18.6 Å². The first-order chi connectivity index (χ1) is 12.7. The lowest BCUT2D eigenvalue weighted by molar-refractivity contribution is -0.194. The van der Waals surface area contributed by atoms with Crippen molar-refractivity contribution < 1.29 is 23.8 Å². The second-order valence-corrected chi connectivity index (χ2v) is 7.16. The Morgan fingerprint density at radius 1 is 1.35 bits per heavy atom. The topological polar surface area (TPSA) is 61.8 Å². The molecule has 3 aliphatic rings. The van der Waals surface area contributed by atoms with E-state index in [1.54, 1.807) is 13.0 Å². The van der Waals surface area contributed by atoms with Gasteiger partial charge in [0.1, 0.15) is 6.29 Å². The van der Waals surface area contributed by atoms with Crippen molar-refractivity contribution in [3.05, 3.63) is 36.0 Å². The van der Waals surface area contributed by atoms with Crippen molar-refractivity contribution in [3.8, 4) is 0 Å². The average Bonchev–Trinajstić information content (AvgIpc) is 3.16. The van der Waals surface area contributed by atoms with Gasteiger partial charge in [-0.2, -0.15) is 0 Å². The number of rotatable bonds is 7. The van der Waals surface area contributed by atoms with Crippen LogP contribution >= 0.6 is 0 Å². The molecule has 2 aliphatic carbocycles. The number of allylic oxidation sites excluding steroid dienone is 5. The van der Waals surface area contributed by atoms with Crippen LogP contribution in [0, 0.1) is 17.8 Å². The highest BCUT2D eigenvalue weighted by molar-refractivity contribution is 5.82. The number of hydrogen-bond acceptors (Lipinski definition) is 5. The Morgan fingerprint density at radius 3 is 2.96 bits per heavy atom. The fraction of sp³-hybridized carbons (Fsp3) is 0.619. The Kier molecular flexibility index (Phi) is 6.80. The number of hydrogen-bond donors (Lipinski definition) is 0. The zero-order chi connectivity index (χ0) is 18.4. The summed E-state index contributed by atoms with van der Waals surface area (Å²) >= 11 is 0. The lowest BCUT2D eigenvalue weighted by Gasteiger charge is -2.28. The number of aldehydes is 1. The van der Waals surface area contributed by atoms with Crippen LogP contribution in [-0.2, 0) is 23.8 Å². The number of fused-ring (bicyclic) bond motifs is 1. The van der Waals surface area contributed by atoms with Crippen LogP contribution in [0.25, 0.3) is 0 Å². The molecule has 1 heterocycles. The Labute approximate surface area is 155 Å². The third-order valence-electron chi connectivity index (χ3n) is 5.44. The van der Waals surface area contributed by atoms with Gasteiger partial charge in [0.05, 0.1) is 12.7 Å². The third-order valence-corrected chi connectivity index (χ3v) is 5.44. The largest absolute Gasteiger partial charge is 0.463 e. The molecule has 0 aromatic rings. The quantitative estimate of drug-likeness (QED) is 0.301. The molecule has 0 bridgehead atoms. The van der Waals surface area contributed by atoms with Crippen LogP contribution in [0.3, 0.4) is 0 Å². The summed E-state index contributed by atoms with van der Waals surface area (Å²) in [6, 6.07) is 0. The van der Waals surface area contributed by atoms with Gasteiger partial charge in [-0.05, 0) is 50.9 Å². The molecule has 0 amide bonds. The number of ether oxygens (including phenoxy) is 3. The molecule has 5 nitrogen and oxygen atoms in total. The van der Waals surface area contributed by atoms with Crippen LogP contribution in [0.5, 0.6) is 0 Å². The molecule has 2 fully saturated rings. The Hall–Kier alpha value is -1.72. The average molecular weight is 360 g/mol. The number of esters is 1. The second kappa shape index (κ2) is 9.28. The minimum absolute atomic E-state index is 0.0314. The first-order valence-electron chi connectivity index (χ1n) is 9.65. The maximum Gasteiger partial charge on any atom is 0.330 e. The van der Waals surface area contributed by atoms with E-state index in [4.69, 9.17) is 14.2 Å². The van der Waals surface area contributed by atoms with Crippen molar-refractivity contribution >= 4 is 12.3 Å². The number of carbonyl (C=O) groups is 2. The lowest BCUT2D eigenvalue weighted by atomic mass is 9.91. The highest BCUT2D eigenvalue weighted by Crippen LogP contribution is 2.47. The normalized spacial score (nSPS) is 34.2. The summed E-state index contributed by atoms with van der Waals surface area (Å²) in [4.78, 5) is 22.9. The molecule has 0 N–H and O–H groups in total. The highest BCUT2D eigenvalue weighted by Gasteiger charge is 2.46. The van der Waals surface area contributed by atoms with E-state index in [2.05, 4.69) is 6.08 Å². The zero-order valence-corrected chi connectivity index (χ0v) is 15.3. The van der Waals surface area contributed by atoms with Gasteiger partial charge >= 0.3 is 5.97 Å². The molecule has 26 heavy (non-hydrogen) atoms. The van der Waals surface area contributed by atoms with Gasteiger partial charge in [-0.3, -0.25) is 0 Å². The molecular formula is C21H28O5. The molecule has 5 unspecified atom stereocenters. The molecular weight excluding hydrogens is 332 g/mol. The summed E-state index contributed by atoms with van der Waals surface area (Å²) in [7, 11) is 0. The molecule has 0 spiro atoms. The first-order valence-corrected chi connectivity index (χ1v) is 9.65. The monoisotopic (exact) mass is 360 g/mol. The van der Waals surface area contributed by atoms with Gasteiger partial charge < -0.3 is 19.0 Å². The predicted molar refractivity (Wildman–Crippen MR) is 97.2 cm³/mol. The lowest BCUT2D eigenvalue weighted by Crippen LogP contribution is -2.32. The molecule has 0 aromatic carbocycles. The van der Waals surface area contributed by atoms with Crippen molar-refractivity contribution in [2.75, 3.05) is 13.2 Å². The van der Waals surface area contributed by atoms with Gasteiger partial charge in [-0.1, -0.05) is 29.9 Å². The Balaban J connectivity index is 1.54. The molecule has 0 radical (unpaired) electrons. The first kappa shape index (κ1) is 19.1. The molecule has 1 saturated heterocycles. The molecule has 1 saturated carbocycles. The maximum absolute atomic E-state index is 11.7. The summed E-state index contributed by atoms with van der Waals surface area (Å²) in [6.07, 6.45) is 15.0. The van der Waals surface area contributed by atoms with Crippen molar-refractivity contribution in [1.82, 2.24) is 0 Å². The van der Waals surface area contributed by atoms with Gasteiger partial charge in [0.25, 0.3) is 0 Å². The van der Waals surface area contributed by atoms with E-state index in [-0.39, 0.29) is 24.3 Å². The van der Waals surface area contributed by atoms with E-state index < -0.39 is 0 Å². The van der Waals surface area contributed by atoms with Crippen LogP contribution in [0.15, 0.2) is 36.0 Å². The summed E-state index contributed by atoms with van der Waals surface area (Å²) in [5.41, 5.74) is 1.22. The minimum Gasteiger partial charge on any atom is -0.463 e. The third kappa shape index (κ3) is 4.71. The molecule has 3 rings (SSSR count). The Morgan fingerprint density at radius 2 is 2.23 bits per heavy atom. The molecule has 5 atom stereocenters. The van der Waals surface area contributed by atoms with Gasteiger partial charge in [0.2, 0.25) is 0 Å². The fourth-order valence-corrected chi connectivity index (χ4v) is 4.23. The van der Waals surface area contributed by atoms with Crippen molar-refractivity contribution in [1.29, 1.82) is 0 Å². The summed E-state index contributed by atoms with van der Waals surface area (Å²) in [6.45, 7) is 2.91. The van der Waals surface area contributed by atoms with Crippen LogP contribution in [0.1, 0.15) is 39.0 Å². The van der Waals surface area contributed by atoms with Crippen LogP contribution in [-0.4, -0.2) is 37.9 Å². The van der Waals surface area contributed by atoms with Crippen molar-refractivity contribution in [2.24, 2.45) is 17.8 Å². The standard InChI is InChI=1S/C21H28O5/c1-2-24-20(23)8-4-3-7-15-11-16-13-19(18(14-22)17(16)12-15)26-21-9-5-6-10-25-21/h3-4,7-8,11,14,16-19,21H,2,5-6,9-10,12-13H2,1H3. The fourth-order valence-electron chi connectivity index (χ4n) is 4.23. The molecule has 142 valence electrons. The highest BCUT2D eigenvalue weighted by atomic mass is 16.7. The van der Waals surface area contributed by atoms with E-state index in [0.717, 1.165) is 45.0 Å². The van der Waals surface area contributed by atoms with E-state index >= 15 is 0 Å². The summed E-state index contributed by atoms with van der Waals surface area (Å²) in [5.74, 6) is 0.297. The van der Waals surface area contributed by atoms with E-state index in [1.165, 1.54) is 11.6 Å². The van der Waals surface area contributed by atoms with Crippen LogP contribution < -0.4 is 0 Å². The predicted octanol–water partition coefficient (Wildman–Crippen LogP) is 3.36. The summed E-state index contributed by atoms with van der Waals surface area (Å²) in [5, 5.41) is 0. The van der Waals surface area contributed by atoms with Gasteiger partial charge in [-0.15, -0.1) is 0 Å². The smallest absolute Gasteiger partial charge is 0.330 e. The van der Waals surface area contributed by atoms with E-state index in [0.29, 0.717) is 18.4 Å². The van der Waals surface area contributed by atoms with Gasteiger partial charge in [0.15, 0.2) is 6.29 Å². The Bertz CT molecular complexity index is 585.